The summed E-state index contributed by atoms with van der Waals surface area (Å²) in [6, 6.07) is 0. The Morgan fingerprint density at radius 3 is 2.56 bits per heavy atom. The van der Waals surface area contributed by atoms with Crippen LogP contribution >= 0.6 is 0 Å². The maximum atomic E-state index is 9.92. The van der Waals surface area contributed by atoms with Crippen molar-refractivity contribution in [1.82, 2.24) is 0 Å². The Morgan fingerprint density at radius 2 is 1.94 bits per heavy atom. The second kappa shape index (κ2) is 4.21. The van der Waals surface area contributed by atoms with Crippen molar-refractivity contribution in [1.29, 1.82) is 0 Å². The van der Waals surface area contributed by atoms with E-state index in [-0.39, 0.29) is 0 Å². The molecular weight excluding hydrogens is 216 g/mol. The fourth-order valence-corrected chi connectivity index (χ4v) is 2.02. The third-order valence-electron chi connectivity index (χ3n) is 2.89. The number of hydrogen-bond donors (Lipinski definition) is 2. The van der Waals surface area contributed by atoms with Gasteiger partial charge in [0.1, 0.15) is 24.4 Å². The van der Waals surface area contributed by atoms with E-state index in [2.05, 4.69) is 0 Å². The lowest BCUT2D eigenvalue weighted by Gasteiger charge is -2.48. The fourth-order valence-electron chi connectivity index (χ4n) is 2.02. The highest BCUT2D eigenvalue weighted by Crippen LogP contribution is 2.32. The predicted octanol–water partition coefficient (Wildman–Crippen LogP) is -0.769. The first-order chi connectivity index (χ1) is 7.44. The van der Waals surface area contributed by atoms with E-state index in [4.69, 9.17) is 18.9 Å². The molecule has 0 radical (unpaired) electrons. The van der Waals surface area contributed by atoms with Gasteiger partial charge in [-0.1, -0.05) is 0 Å². The Balaban J connectivity index is 2.11. The van der Waals surface area contributed by atoms with E-state index in [0.29, 0.717) is 6.61 Å². The lowest BCUT2D eigenvalue weighted by molar-refractivity contribution is -0.379. The molecule has 2 aliphatic heterocycles. The molecular formula is C10H18O6. The summed E-state index contributed by atoms with van der Waals surface area (Å²) in [5.74, 6) is -0.773. The van der Waals surface area contributed by atoms with Crippen LogP contribution in [0.3, 0.4) is 0 Å². The molecule has 6 heteroatoms. The minimum absolute atomic E-state index is 0.307. The summed E-state index contributed by atoms with van der Waals surface area (Å²) in [5, 5.41) is 19.6. The molecule has 2 saturated heterocycles. The van der Waals surface area contributed by atoms with Gasteiger partial charge in [-0.2, -0.15) is 0 Å². The van der Waals surface area contributed by atoms with Gasteiger partial charge in [0.15, 0.2) is 12.1 Å². The predicted molar refractivity (Wildman–Crippen MR) is 52.6 cm³/mol. The van der Waals surface area contributed by atoms with Crippen molar-refractivity contribution < 1.29 is 29.2 Å². The second-order valence-electron chi connectivity index (χ2n) is 4.55. The Hall–Kier alpha value is -0.240. The van der Waals surface area contributed by atoms with Crippen molar-refractivity contribution in [3.05, 3.63) is 0 Å². The number of ether oxygens (including phenoxy) is 4. The SMILES string of the molecule is CO[C@H]1OC2COC(C)(C)O[C@H]2[C@@H](O)C1O. The van der Waals surface area contributed by atoms with Gasteiger partial charge in [0.05, 0.1) is 6.61 Å². The molecule has 2 fully saturated rings. The molecule has 0 aromatic heterocycles. The van der Waals surface area contributed by atoms with Crippen LogP contribution in [-0.4, -0.2) is 60.4 Å². The molecule has 6 nitrogen and oxygen atoms in total. The van der Waals surface area contributed by atoms with Gasteiger partial charge in [-0.15, -0.1) is 0 Å². The van der Waals surface area contributed by atoms with Crippen LogP contribution in [0.5, 0.6) is 0 Å². The van der Waals surface area contributed by atoms with Crippen molar-refractivity contribution >= 4 is 0 Å². The van der Waals surface area contributed by atoms with Gasteiger partial charge in [-0.05, 0) is 13.8 Å². The third-order valence-corrected chi connectivity index (χ3v) is 2.89. The summed E-state index contributed by atoms with van der Waals surface area (Å²) >= 11 is 0. The highest BCUT2D eigenvalue weighted by molar-refractivity contribution is 4.93. The first-order valence-electron chi connectivity index (χ1n) is 5.31. The third kappa shape index (κ3) is 2.09. The monoisotopic (exact) mass is 234 g/mol. The van der Waals surface area contributed by atoms with Crippen LogP contribution in [0.1, 0.15) is 13.8 Å². The largest absolute Gasteiger partial charge is 0.387 e. The summed E-state index contributed by atoms with van der Waals surface area (Å²) in [7, 11) is 1.41. The Morgan fingerprint density at radius 1 is 1.25 bits per heavy atom. The smallest absolute Gasteiger partial charge is 0.186 e. The van der Waals surface area contributed by atoms with E-state index in [1.807, 2.05) is 0 Å². The summed E-state index contributed by atoms with van der Waals surface area (Å²) in [5.41, 5.74) is 0. The lowest BCUT2D eigenvalue weighted by Crippen LogP contribution is -2.64. The zero-order chi connectivity index (χ0) is 11.9. The number of aliphatic hydroxyl groups excluding tert-OH is 2. The van der Waals surface area contributed by atoms with Crippen LogP contribution in [-0.2, 0) is 18.9 Å². The van der Waals surface area contributed by atoms with Crippen LogP contribution < -0.4 is 0 Å². The zero-order valence-electron chi connectivity index (χ0n) is 9.62. The van der Waals surface area contributed by atoms with Crippen LogP contribution in [0.2, 0.25) is 0 Å². The van der Waals surface area contributed by atoms with Gasteiger partial charge in [0.2, 0.25) is 0 Å². The molecule has 2 heterocycles. The molecule has 0 bridgehead atoms. The molecule has 0 aromatic carbocycles. The van der Waals surface area contributed by atoms with Crippen molar-refractivity contribution in [2.45, 2.75) is 50.3 Å². The van der Waals surface area contributed by atoms with Gasteiger partial charge in [0, 0.05) is 7.11 Å². The van der Waals surface area contributed by atoms with Crippen molar-refractivity contribution in [3.63, 3.8) is 0 Å². The standard InChI is InChI=1S/C10H18O6/c1-10(2)14-4-5-8(16-10)6(11)7(12)9(13-3)15-5/h5-9,11-12H,4H2,1-3H3/t5?,6-,7?,8+,9-/m0/s1. The van der Waals surface area contributed by atoms with E-state index in [0.717, 1.165) is 0 Å². The Bertz CT molecular complexity index is 254. The zero-order valence-corrected chi connectivity index (χ0v) is 9.62. The van der Waals surface area contributed by atoms with Gasteiger partial charge in [0.25, 0.3) is 0 Å². The van der Waals surface area contributed by atoms with Gasteiger partial charge >= 0.3 is 0 Å². The van der Waals surface area contributed by atoms with Crippen LogP contribution in [0.25, 0.3) is 0 Å². The molecule has 16 heavy (non-hydrogen) atoms. The molecule has 2 rings (SSSR count). The molecule has 0 aliphatic carbocycles. The Labute approximate surface area is 94.1 Å². The maximum Gasteiger partial charge on any atom is 0.186 e. The average Bonchev–Trinajstić information content (AvgIpc) is 2.23. The molecule has 0 aromatic rings. The number of rotatable bonds is 1. The molecule has 5 atom stereocenters. The van der Waals surface area contributed by atoms with E-state index < -0.39 is 36.5 Å². The van der Waals surface area contributed by atoms with Crippen LogP contribution in [0.4, 0.5) is 0 Å². The quantitative estimate of drug-likeness (QED) is 0.620. The van der Waals surface area contributed by atoms with E-state index >= 15 is 0 Å². The minimum atomic E-state index is -1.11. The van der Waals surface area contributed by atoms with Gasteiger partial charge in [-0.25, -0.2) is 0 Å². The summed E-state index contributed by atoms with van der Waals surface area (Å²) < 4.78 is 21.3. The topological polar surface area (TPSA) is 77.4 Å². The van der Waals surface area contributed by atoms with E-state index in [1.54, 1.807) is 13.8 Å². The lowest BCUT2D eigenvalue weighted by atomic mass is 9.97. The highest BCUT2D eigenvalue weighted by Gasteiger charge is 2.50. The number of fused-ring (bicyclic) bond motifs is 1. The molecule has 94 valence electrons. The minimum Gasteiger partial charge on any atom is -0.387 e. The van der Waals surface area contributed by atoms with Gasteiger partial charge in [-0.3, -0.25) is 0 Å². The van der Waals surface area contributed by atoms with E-state index in [1.165, 1.54) is 7.11 Å². The van der Waals surface area contributed by atoms with Crippen molar-refractivity contribution in [2.75, 3.05) is 13.7 Å². The average molecular weight is 234 g/mol. The second-order valence-corrected chi connectivity index (χ2v) is 4.55. The summed E-state index contributed by atoms with van der Waals surface area (Å²) in [6.07, 6.45) is -4.00. The first-order valence-corrected chi connectivity index (χ1v) is 5.31. The molecule has 0 saturated carbocycles. The summed E-state index contributed by atoms with van der Waals surface area (Å²) in [4.78, 5) is 0. The van der Waals surface area contributed by atoms with E-state index in [9.17, 15) is 10.2 Å². The van der Waals surface area contributed by atoms with Crippen LogP contribution in [0, 0.1) is 0 Å². The number of methoxy groups -OCH3 is 1. The Kier molecular flexibility index (Phi) is 3.22. The first kappa shape index (κ1) is 12.2. The van der Waals surface area contributed by atoms with Crippen molar-refractivity contribution in [2.24, 2.45) is 0 Å². The fraction of sp³-hybridized carbons (Fsp3) is 1.00. The summed E-state index contributed by atoms with van der Waals surface area (Å²) in [6.45, 7) is 3.82. The van der Waals surface area contributed by atoms with Gasteiger partial charge < -0.3 is 29.2 Å². The molecule has 2 unspecified atom stereocenters. The maximum absolute atomic E-state index is 9.92. The molecule has 0 spiro atoms. The molecule has 0 amide bonds. The molecule has 2 N–H and O–H groups in total. The number of aliphatic hydroxyl groups is 2. The highest BCUT2D eigenvalue weighted by atomic mass is 16.8. The number of hydrogen-bond acceptors (Lipinski definition) is 6. The molecule has 2 aliphatic rings. The van der Waals surface area contributed by atoms with Crippen LogP contribution in [0.15, 0.2) is 0 Å². The normalized spacial score (nSPS) is 47.4. The van der Waals surface area contributed by atoms with Crippen molar-refractivity contribution in [3.8, 4) is 0 Å².